The van der Waals surface area contributed by atoms with Crippen molar-refractivity contribution in [2.75, 3.05) is 13.7 Å². The normalized spacial score (nSPS) is 11.0. The van der Waals surface area contributed by atoms with Gasteiger partial charge in [0.25, 0.3) is 5.91 Å². The summed E-state index contributed by atoms with van der Waals surface area (Å²) < 4.78 is 39.7. The summed E-state index contributed by atoms with van der Waals surface area (Å²) in [5.41, 5.74) is 2.40. The molecule has 2 aromatic rings. The third-order valence-electron chi connectivity index (χ3n) is 3.94. The van der Waals surface area contributed by atoms with Gasteiger partial charge in [-0.15, -0.1) is 0 Å². The molecule has 5 nitrogen and oxygen atoms in total. The summed E-state index contributed by atoms with van der Waals surface area (Å²) >= 11 is 0. The minimum atomic E-state index is -2.91. The summed E-state index contributed by atoms with van der Waals surface area (Å²) in [6, 6.07) is 12.0. The number of alkyl halides is 2. The van der Waals surface area contributed by atoms with Crippen molar-refractivity contribution in [3.8, 4) is 11.5 Å². The Hall–Kier alpha value is -2.67. The van der Waals surface area contributed by atoms with Gasteiger partial charge in [-0.1, -0.05) is 18.2 Å². The maximum Gasteiger partial charge on any atom is 0.387 e. The fourth-order valence-corrected chi connectivity index (χ4v) is 2.50. The molecule has 0 bridgehead atoms. The van der Waals surface area contributed by atoms with E-state index in [0.29, 0.717) is 25.1 Å². The lowest BCUT2D eigenvalue weighted by atomic mass is 10.1. The molecule has 0 aromatic heterocycles. The number of hydrogen-bond acceptors (Lipinski definition) is 4. The van der Waals surface area contributed by atoms with Gasteiger partial charge in [-0.25, -0.2) is 0 Å². The Balaban J connectivity index is 1.86. The van der Waals surface area contributed by atoms with Gasteiger partial charge in [-0.2, -0.15) is 8.78 Å². The molecule has 0 heterocycles. The molecule has 1 N–H and O–H groups in total. The Morgan fingerprint density at radius 2 is 1.71 bits per heavy atom. The lowest BCUT2D eigenvalue weighted by Crippen LogP contribution is -2.25. The Labute approximate surface area is 163 Å². The predicted molar refractivity (Wildman–Crippen MR) is 102 cm³/mol. The Morgan fingerprint density at radius 3 is 2.32 bits per heavy atom. The summed E-state index contributed by atoms with van der Waals surface area (Å²) in [6.45, 7) is 1.93. The molecule has 28 heavy (non-hydrogen) atoms. The van der Waals surface area contributed by atoms with Crippen LogP contribution in [0.3, 0.4) is 0 Å². The van der Waals surface area contributed by atoms with Crippen molar-refractivity contribution in [3.05, 3.63) is 59.2 Å². The average molecular weight is 393 g/mol. The van der Waals surface area contributed by atoms with Crippen molar-refractivity contribution in [1.82, 2.24) is 5.32 Å². The first-order chi connectivity index (χ1) is 13.4. The molecule has 0 saturated heterocycles. The molecular weight excluding hydrogens is 368 g/mol. The monoisotopic (exact) mass is 393 g/mol. The number of amides is 1. The number of nitrogens with one attached hydrogen (secondary N) is 1. The summed E-state index contributed by atoms with van der Waals surface area (Å²) in [4.78, 5) is 12.2. The smallest absolute Gasteiger partial charge is 0.387 e. The number of ether oxygens (including phenoxy) is 3. The van der Waals surface area contributed by atoms with Gasteiger partial charge in [0.1, 0.15) is 0 Å². The molecule has 7 heteroatoms. The quantitative estimate of drug-likeness (QED) is 0.658. The van der Waals surface area contributed by atoms with Gasteiger partial charge in [-0.3, -0.25) is 4.79 Å². The zero-order valence-corrected chi connectivity index (χ0v) is 16.2. The van der Waals surface area contributed by atoms with Gasteiger partial charge in [-0.05, 0) is 55.7 Å². The molecule has 0 radical (unpaired) electrons. The zero-order chi connectivity index (χ0) is 20.5. The first kappa shape index (κ1) is 21.6. The van der Waals surface area contributed by atoms with Gasteiger partial charge in [0.15, 0.2) is 11.5 Å². The van der Waals surface area contributed by atoms with Crippen LogP contribution in [0.25, 0.3) is 0 Å². The largest absolute Gasteiger partial charge is 0.493 e. The fraction of sp³-hybridized carbons (Fsp3) is 0.381. The number of methoxy groups -OCH3 is 1. The van der Waals surface area contributed by atoms with Crippen LogP contribution < -0.4 is 14.8 Å². The standard InChI is InChI=1S/C21H25F2NO4/c1-14(2)27-13-16-4-7-17(8-5-16)20(25)24-11-10-15-6-9-18(28-21(22)23)19(12-15)26-3/h4-9,12,14,21H,10-11,13H2,1-3H3,(H,24,25). The Kier molecular flexibility index (Phi) is 8.19. The zero-order valence-electron chi connectivity index (χ0n) is 16.2. The van der Waals surface area contributed by atoms with E-state index in [4.69, 9.17) is 9.47 Å². The van der Waals surface area contributed by atoms with E-state index in [1.165, 1.54) is 13.2 Å². The highest BCUT2D eigenvalue weighted by atomic mass is 19.3. The van der Waals surface area contributed by atoms with Crippen LogP contribution in [0.15, 0.2) is 42.5 Å². The minimum Gasteiger partial charge on any atom is -0.493 e. The van der Waals surface area contributed by atoms with Crippen LogP contribution in [-0.4, -0.2) is 32.3 Å². The molecule has 2 rings (SSSR count). The van der Waals surface area contributed by atoms with Crippen molar-refractivity contribution in [2.45, 2.75) is 39.6 Å². The first-order valence-electron chi connectivity index (χ1n) is 8.99. The van der Waals surface area contributed by atoms with E-state index in [2.05, 4.69) is 10.1 Å². The van der Waals surface area contributed by atoms with E-state index in [-0.39, 0.29) is 23.5 Å². The van der Waals surface area contributed by atoms with Crippen molar-refractivity contribution in [2.24, 2.45) is 0 Å². The van der Waals surface area contributed by atoms with Crippen LogP contribution in [0, 0.1) is 0 Å². The highest BCUT2D eigenvalue weighted by Gasteiger charge is 2.11. The molecule has 1 amide bonds. The number of halogens is 2. The third-order valence-corrected chi connectivity index (χ3v) is 3.94. The highest BCUT2D eigenvalue weighted by molar-refractivity contribution is 5.94. The highest BCUT2D eigenvalue weighted by Crippen LogP contribution is 2.29. The molecular formula is C21H25F2NO4. The van der Waals surface area contributed by atoms with Gasteiger partial charge in [0.2, 0.25) is 0 Å². The van der Waals surface area contributed by atoms with E-state index < -0.39 is 6.61 Å². The van der Waals surface area contributed by atoms with Crippen LogP contribution in [0.1, 0.15) is 35.3 Å². The lowest BCUT2D eigenvalue weighted by Gasteiger charge is -2.12. The molecule has 0 saturated carbocycles. The van der Waals surface area contributed by atoms with E-state index >= 15 is 0 Å². The van der Waals surface area contributed by atoms with Crippen LogP contribution in [0.4, 0.5) is 8.78 Å². The number of hydrogen-bond donors (Lipinski definition) is 1. The minimum absolute atomic E-state index is 0.0215. The number of benzene rings is 2. The molecule has 0 atom stereocenters. The van der Waals surface area contributed by atoms with Gasteiger partial charge in [0.05, 0.1) is 19.8 Å². The van der Waals surface area contributed by atoms with Crippen LogP contribution in [0.2, 0.25) is 0 Å². The van der Waals surface area contributed by atoms with Crippen molar-refractivity contribution < 1.29 is 27.8 Å². The predicted octanol–water partition coefficient (Wildman–Crippen LogP) is 4.19. The first-order valence-corrected chi connectivity index (χ1v) is 8.99. The van der Waals surface area contributed by atoms with Gasteiger partial charge >= 0.3 is 6.61 Å². The second-order valence-electron chi connectivity index (χ2n) is 6.43. The molecule has 2 aromatic carbocycles. The van der Waals surface area contributed by atoms with E-state index in [0.717, 1.165) is 11.1 Å². The second kappa shape index (κ2) is 10.6. The van der Waals surface area contributed by atoms with Crippen LogP contribution >= 0.6 is 0 Å². The summed E-state index contributed by atoms with van der Waals surface area (Å²) in [6.07, 6.45) is 0.676. The van der Waals surface area contributed by atoms with Crippen LogP contribution in [-0.2, 0) is 17.8 Å². The molecule has 0 unspecified atom stereocenters. The van der Waals surface area contributed by atoms with E-state index in [9.17, 15) is 13.6 Å². The van der Waals surface area contributed by atoms with Crippen molar-refractivity contribution in [1.29, 1.82) is 0 Å². The SMILES string of the molecule is COc1cc(CCNC(=O)c2ccc(COC(C)C)cc2)ccc1OC(F)F. The molecule has 0 fully saturated rings. The number of rotatable bonds is 10. The summed E-state index contributed by atoms with van der Waals surface area (Å²) in [5, 5.41) is 2.84. The lowest BCUT2D eigenvalue weighted by molar-refractivity contribution is -0.0512. The van der Waals surface area contributed by atoms with E-state index in [1.807, 2.05) is 26.0 Å². The topological polar surface area (TPSA) is 56.8 Å². The molecule has 0 aliphatic rings. The van der Waals surface area contributed by atoms with Crippen molar-refractivity contribution >= 4 is 5.91 Å². The van der Waals surface area contributed by atoms with Crippen molar-refractivity contribution in [3.63, 3.8) is 0 Å². The molecule has 152 valence electrons. The average Bonchev–Trinajstić information content (AvgIpc) is 2.67. The van der Waals surface area contributed by atoms with Crippen LogP contribution in [0.5, 0.6) is 11.5 Å². The Morgan fingerprint density at radius 1 is 1.04 bits per heavy atom. The fourth-order valence-electron chi connectivity index (χ4n) is 2.50. The Bertz CT molecular complexity index is 764. The third kappa shape index (κ3) is 6.81. The maximum atomic E-state index is 12.4. The molecule has 0 aliphatic heterocycles. The molecule has 0 spiro atoms. The number of carbonyl (C=O) groups is 1. The van der Waals surface area contributed by atoms with Gasteiger partial charge in [0, 0.05) is 12.1 Å². The summed E-state index contributed by atoms with van der Waals surface area (Å²) in [5.74, 6) is 0.0242. The summed E-state index contributed by atoms with van der Waals surface area (Å²) in [7, 11) is 1.38. The molecule has 0 aliphatic carbocycles. The van der Waals surface area contributed by atoms with Gasteiger partial charge < -0.3 is 19.5 Å². The maximum absolute atomic E-state index is 12.4. The van der Waals surface area contributed by atoms with E-state index in [1.54, 1.807) is 24.3 Å². The number of carbonyl (C=O) groups excluding carboxylic acids is 1. The second-order valence-corrected chi connectivity index (χ2v) is 6.43.